The van der Waals surface area contributed by atoms with Crippen LogP contribution >= 0.6 is 38.5 Å². The van der Waals surface area contributed by atoms with E-state index in [1.165, 1.54) is 0 Å². The van der Waals surface area contributed by atoms with Crippen molar-refractivity contribution in [2.24, 2.45) is 0 Å². The zero-order valence-electron chi connectivity index (χ0n) is 8.58. The Morgan fingerprint density at radius 2 is 2.06 bits per heavy atom. The van der Waals surface area contributed by atoms with Crippen molar-refractivity contribution in [1.29, 1.82) is 0 Å². The fraction of sp³-hybridized carbons (Fsp3) is 0.364. The molecule has 0 N–H and O–H groups in total. The van der Waals surface area contributed by atoms with Gasteiger partial charge in [-0.2, -0.15) is 0 Å². The highest BCUT2D eigenvalue weighted by atomic mass is 127. The van der Waals surface area contributed by atoms with E-state index in [4.69, 9.17) is 4.74 Å². The molecule has 0 unspecified atom stereocenters. The molecule has 1 aromatic rings. The van der Waals surface area contributed by atoms with E-state index >= 15 is 0 Å². The van der Waals surface area contributed by atoms with Gasteiger partial charge in [0.25, 0.3) is 5.91 Å². The third kappa shape index (κ3) is 2.57. The Morgan fingerprint density at radius 1 is 1.38 bits per heavy atom. The maximum absolute atomic E-state index is 12.2. The summed E-state index contributed by atoms with van der Waals surface area (Å²) < 4.78 is 7.17. The first-order valence-electron chi connectivity index (χ1n) is 5.01. The number of carbonyl (C=O) groups excluding carboxylic acids is 1. The van der Waals surface area contributed by atoms with Crippen molar-refractivity contribution in [3.63, 3.8) is 0 Å². The Balaban J connectivity index is 2.22. The SMILES string of the molecule is O=C(c1cccc(I)c1Br)N1CCOCC1. The number of rotatable bonds is 1. The molecule has 1 heterocycles. The summed E-state index contributed by atoms with van der Waals surface area (Å²) in [6, 6.07) is 5.73. The molecule has 2 rings (SSSR count). The molecule has 0 aromatic heterocycles. The molecule has 1 aliphatic heterocycles. The predicted molar refractivity (Wildman–Crippen MR) is 73.6 cm³/mol. The molecule has 1 aliphatic rings. The summed E-state index contributed by atoms with van der Waals surface area (Å²) in [5.74, 6) is 0.0775. The van der Waals surface area contributed by atoms with Crippen LogP contribution in [0, 0.1) is 3.57 Å². The summed E-state index contributed by atoms with van der Waals surface area (Å²) in [6.07, 6.45) is 0. The lowest BCUT2D eigenvalue weighted by Gasteiger charge is -2.27. The lowest BCUT2D eigenvalue weighted by atomic mass is 10.2. The Hall–Kier alpha value is -0.140. The lowest BCUT2D eigenvalue weighted by molar-refractivity contribution is 0.0302. The molecule has 0 atom stereocenters. The van der Waals surface area contributed by atoms with Gasteiger partial charge in [-0.05, 0) is 50.7 Å². The van der Waals surface area contributed by atoms with Gasteiger partial charge in [0.15, 0.2) is 0 Å². The Labute approximate surface area is 116 Å². The van der Waals surface area contributed by atoms with Crippen LogP contribution in [-0.2, 0) is 4.74 Å². The molecule has 3 nitrogen and oxygen atoms in total. The van der Waals surface area contributed by atoms with Gasteiger partial charge in [-0.25, -0.2) is 0 Å². The molecule has 0 radical (unpaired) electrons. The second-order valence-corrected chi connectivity index (χ2v) is 5.46. The monoisotopic (exact) mass is 395 g/mol. The minimum atomic E-state index is 0.0775. The topological polar surface area (TPSA) is 29.5 Å². The predicted octanol–water partition coefficient (Wildman–Crippen LogP) is 2.53. The second kappa shape index (κ2) is 5.46. The molecular weight excluding hydrogens is 385 g/mol. The highest BCUT2D eigenvalue weighted by molar-refractivity contribution is 14.1. The fourth-order valence-electron chi connectivity index (χ4n) is 1.61. The van der Waals surface area contributed by atoms with Gasteiger partial charge in [-0.1, -0.05) is 6.07 Å². The van der Waals surface area contributed by atoms with Gasteiger partial charge < -0.3 is 9.64 Å². The van der Waals surface area contributed by atoms with Crippen LogP contribution in [-0.4, -0.2) is 37.1 Å². The molecule has 1 fully saturated rings. The van der Waals surface area contributed by atoms with Crippen LogP contribution in [0.5, 0.6) is 0 Å². The third-order valence-electron chi connectivity index (χ3n) is 2.48. The molecule has 86 valence electrons. The minimum Gasteiger partial charge on any atom is -0.378 e. The first-order chi connectivity index (χ1) is 7.70. The van der Waals surface area contributed by atoms with Crippen LogP contribution in [0.25, 0.3) is 0 Å². The molecule has 16 heavy (non-hydrogen) atoms. The molecule has 1 amide bonds. The van der Waals surface area contributed by atoms with Gasteiger partial charge in [0.1, 0.15) is 0 Å². The van der Waals surface area contributed by atoms with E-state index in [9.17, 15) is 4.79 Å². The van der Waals surface area contributed by atoms with Crippen LogP contribution in [0.3, 0.4) is 0 Å². The van der Waals surface area contributed by atoms with E-state index in [-0.39, 0.29) is 5.91 Å². The van der Waals surface area contributed by atoms with Crippen molar-refractivity contribution in [2.45, 2.75) is 0 Å². The van der Waals surface area contributed by atoms with Crippen LogP contribution < -0.4 is 0 Å². The Kier molecular flexibility index (Phi) is 4.21. The molecule has 0 saturated carbocycles. The highest BCUT2D eigenvalue weighted by Crippen LogP contribution is 2.24. The Bertz CT molecular complexity index is 405. The maximum Gasteiger partial charge on any atom is 0.255 e. The van der Waals surface area contributed by atoms with Crippen LogP contribution in [0.15, 0.2) is 22.7 Å². The number of nitrogens with zero attached hydrogens (tertiary/aromatic N) is 1. The number of morpholine rings is 1. The van der Waals surface area contributed by atoms with Crippen molar-refractivity contribution in [3.05, 3.63) is 31.8 Å². The summed E-state index contributed by atoms with van der Waals surface area (Å²) in [5.41, 5.74) is 0.730. The van der Waals surface area contributed by atoms with Gasteiger partial charge in [-0.3, -0.25) is 4.79 Å². The van der Waals surface area contributed by atoms with Gasteiger partial charge in [0.05, 0.1) is 18.8 Å². The number of amides is 1. The summed E-state index contributed by atoms with van der Waals surface area (Å²) in [4.78, 5) is 14.0. The lowest BCUT2D eigenvalue weighted by Crippen LogP contribution is -2.40. The van der Waals surface area contributed by atoms with Crippen molar-refractivity contribution in [3.8, 4) is 0 Å². The Morgan fingerprint density at radius 3 is 2.75 bits per heavy atom. The average molecular weight is 396 g/mol. The van der Waals surface area contributed by atoms with Gasteiger partial charge in [0, 0.05) is 21.1 Å². The van der Waals surface area contributed by atoms with Crippen molar-refractivity contribution >= 4 is 44.4 Å². The molecule has 0 aliphatic carbocycles. The van der Waals surface area contributed by atoms with E-state index in [1.54, 1.807) is 0 Å². The summed E-state index contributed by atoms with van der Waals surface area (Å²) in [5, 5.41) is 0. The normalized spacial score (nSPS) is 16.2. The molecule has 1 saturated heterocycles. The average Bonchev–Trinajstić information content (AvgIpc) is 2.33. The van der Waals surface area contributed by atoms with E-state index in [2.05, 4.69) is 38.5 Å². The zero-order chi connectivity index (χ0) is 11.5. The van der Waals surface area contributed by atoms with E-state index < -0.39 is 0 Å². The summed E-state index contributed by atoms with van der Waals surface area (Å²) in [6.45, 7) is 2.62. The van der Waals surface area contributed by atoms with Gasteiger partial charge >= 0.3 is 0 Å². The van der Waals surface area contributed by atoms with Crippen LogP contribution in [0.2, 0.25) is 0 Å². The van der Waals surface area contributed by atoms with Gasteiger partial charge in [-0.15, -0.1) is 0 Å². The van der Waals surface area contributed by atoms with Crippen molar-refractivity contribution < 1.29 is 9.53 Å². The number of hydrogen-bond acceptors (Lipinski definition) is 2. The molecule has 0 spiro atoms. The summed E-state index contributed by atoms with van der Waals surface area (Å²) in [7, 11) is 0. The first-order valence-corrected chi connectivity index (χ1v) is 6.88. The number of benzene rings is 1. The molecular formula is C11H11BrINO2. The van der Waals surface area contributed by atoms with Crippen molar-refractivity contribution in [1.82, 2.24) is 4.90 Å². The number of carbonyl (C=O) groups is 1. The van der Waals surface area contributed by atoms with Crippen LogP contribution in [0.1, 0.15) is 10.4 Å². The number of halogens is 2. The fourth-order valence-corrected chi connectivity index (χ4v) is 2.54. The number of ether oxygens (including phenoxy) is 1. The number of hydrogen-bond donors (Lipinski definition) is 0. The van der Waals surface area contributed by atoms with E-state index in [0.29, 0.717) is 26.3 Å². The maximum atomic E-state index is 12.2. The van der Waals surface area contributed by atoms with Crippen LogP contribution in [0.4, 0.5) is 0 Å². The zero-order valence-corrected chi connectivity index (χ0v) is 12.3. The first kappa shape index (κ1) is 12.3. The largest absolute Gasteiger partial charge is 0.378 e. The summed E-state index contributed by atoms with van der Waals surface area (Å²) >= 11 is 5.67. The second-order valence-electron chi connectivity index (χ2n) is 3.51. The van der Waals surface area contributed by atoms with Crippen molar-refractivity contribution in [2.75, 3.05) is 26.3 Å². The van der Waals surface area contributed by atoms with E-state index in [1.807, 2.05) is 23.1 Å². The molecule has 1 aromatic carbocycles. The van der Waals surface area contributed by atoms with E-state index in [0.717, 1.165) is 13.6 Å². The standard InChI is InChI=1S/C11H11BrINO2/c12-10-8(2-1-3-9(10)13)11(15)14-4-6-16-7-5-14/h1-3H,4-7H2. The smallest absolute Gasteiger partial charge is 0.255 e. The van der Waals surface area contributed by atoms with Gasteiger partial charge in [0.2, 0.25) is 0 Å². The minimum absolute atomic E-state index is 0.0775. The quantitative estimate of drug-likeness (QED) is 0.684. The molecule has 0 bridgehead atoms. The highest BCUT2D eigenvalue weighted by Gasteiger charge is 2.20. The third-order valence-corrected chi connectivity index (χ3v) is 4.97. The molecule has 5 heteroatoms.